The minimum Gasteiger partial charge on any atom is -0.0683 e. The Morgan fingerprint density at radius 1 is 0.542 bits per heavy atom. The van der Waals surface area contributed by atoms with Crippen LogP contribution in [0.4, 0.5) is 0 Å². The van der Waals surface area contributed by atoms with Crippen LogP contribution < -0.4 is 0 Å². The molecule has 2 aromatic rings. The first-order valence-electron chi connectivity index (χ1n) is 9.88. The van der Waals surface area contributed by atoms with Gasteiger partial charge < -0.3 is 0 Å². The van der Waals surface area contributed by atoms with E-state index in [9.17, 15) is 0 Å². The lowest BCUT2D eigenvalue weighted by atomic mass is 9.97. The summed E-state index contributed by atoms with van der Waals surface area (Å²) in [7, 11) is 0. The van der Waals surface area contributed by atoms with Crippen LogP contribution in [0.1, 0.15) is 90.5 Å². The maximum Gasteiger partial charge on any atom is 0.00735 e. The first kappa shape index (κ1) is 24.7. The highest BCUT2D eigenvalue weighted by Crippen LogP contribution is 2.44. The Hall–Kier alpha value is -1.56. The van der Waals surface area contributed by atoms with E-state index < -0.39 is 0 Å². The lowest BCUT2D eigenvalue weighted by Gasteiger charge is -2.07. The molecule has 0 saturated carbocycles. The molecule has 0 heteroatoms. The van der Waals surface area contributed by atoms with Crippen molar-refractivity contribution in [1.29, 1.82) is 0 Å². The number of aryl methyl sites for hydroxylation is 2. The molecule has 0 amide bonds. The normalized spacial score (nSPS) is 10.1. The van der Waals surface area contributed by atoms with Crippen LogP contribution >= 0.6 is 0 Å². The Labute approximate surface area is 152 Å². The highest BCUT2D eigenvalue weighted by atomic mass is 14.3. The first-order valence-corrected chi connectivity index (χ1v) is 9.88. The predicted molar refractivity (Wildman–Crippen MR) is 114 cm³/mol. The third-order valence-electron chi connectivity index (χ3n) is 3.64. The maximum absolute atomic E-state index is 2.33. The van der Waals surface area contributed by atoms with E-state index in [4.69, 9.17) is 0 Å². The Balaban J connectivity index is 0. The fraction of sp³-hybridized carbons (Fsp3) is 0.500. The summed E-state index contributed by atoms with van der Waals surface area (Å²) < 4.78 is 0. The van der Waals surface area contributed by atoms with E-state index in [2.05, 4.69) is 57.2 Å². The molecule has 0 aliphatic heterocycles. The minimum absolute atomic E-state index is 0.546. The molecule has 0 unspecified atom stereocenters. The van der Waals surface area contributed by atoms with Crippen molar-refractivity contribution in [2.45, 2.75) is 82.1 Å². The molecule has 1 aliphatic carbocycles. The van der Waals surface area contributed by atoms with E-state index >= 15 is 0 Å². The molecular weight excluding hydrogens is 288 g/mol. The van der Waals surface area contributed by atoms with Gasteiger partial charge in [-0.3, -0.25) is 0 Å². The van der Waals surface area contributed by atoms with Crippen molar-refractivity contribution in [1.82, 2.24) is 0 Å². The summed E-state index contributed by atoms with van der Waals surface area (Å²) >= 11 is 0. The molecule has 0 saturated heterocycles. The van der Waals surface area contributed by atoms with Gasteiger partial charge in [-0.25, -0.2) is 0 Å². The van der Waals surface area contributed by atoms with E-state index in [-0.39, 0.29) is 0 Å². The summed E-state index contributed by atoms with van der Waals surface area (Å²) in [6, 6.07) is 13.6. The lowest BCUT2D eigenvalue weighted by molar-refractivity contribution is 0.952. The van der Waals surface area contributed by atoms with Gasteiger partial charge in [0.1, 0.15) is 0 Å². The lowest BCUT2D eigenvalue weighted by Crippen LogP contribution is -1.90. The third-order valence-corrected chi connectivity index (χ3v) is 3.64. The van der Waals surface area contributed by atoms with Gasteiger partial charge in [0.05, 0.1) is 0 Å². The number of benzene rings is 2. The van der Waals surface area contributed by atoms with E-state index in [0.717, 1.165) is 0 Å². The average molecular weight is 329 g/mol. The molecule has 24 heavy (non-hydrogen) atoms. The molecule has 0 heterocycles. The number of hydrogen-bond donors (Lipinski definition) is 0. The van der Waals surface area contributed by atoms with Crippen molar-refractivity contribution in [3.05, 3.63) is 58.7 Å². The van der Waals surface area contributed by atoms with E-state index in [1.54, 1.807) is 0 Å². The number of rotatable bonds is 0. The van der Waals surface area contributed by atoms with Gasteiger partial charge in [-0.2, -0.15) is 0 Å². The largest absolute Gasteiger partial charge is 0.0683 e. The van der Waals surface area contributed by atoms with Crippen molar-refractivity contribution in [2.24, 2.45) is 0 Å². The topological polar surface area (TPSA) is 0 Å². The molecule has 0 spiro atoms. The Bertz CT molecular complexity index is 513. The fourth-order valence-electron chi connectivity index (χ4n) is 2.74. The summed E-state index contributed by atoms with van der Waals surface area (Å²) in [5.74, 6) is 0.546. The van der Waals surface area contributed by atoms with E-state index in [1.165, 1.54) is 33.4 Å². The second-order valence-electron chi connectivity index (χ2n) is 4.90. The van der Waals surface area contributed by atoms with Gasteiger partial charge in [-0.1, -0.05) is 110 Å². The van der Waals surface area contributed by atoms with Crippen molar-refractivity contribution < 1.29 is 0 Å². The van der Waals surface area contributed by atoms with Gasteiger partial charge in [-0.05, 0) is 36.1 Å². The van der Waals surface area contributed by atoms with Crippen LogP contribution in [0.5, 0.6) is 0 Å². The molecule has 0 aromatic heterocycles. The first-order chi connectivity index (χ1) is 11.7. The van der Waals surface area contributed by atoms with Crippen LogP contribution in [0.15, 0.2) is 36.4 Å². The van der Waals surface area contributed by atoms with Crippen molar-refractivity contribution in [2.75, 3.05) is 0 Å². The van der Waals surface area contributed by atoms with Gasteiger partial charge in [0.25, 0.3) is 0 Å². The molecule has 0 fully saturated rings. The van der Waals surface area contributed by atoms with Crippen molar-refractivity contribution in [3.8, 4) is 11.1 Å². The van der Waals surface area contributed by atoms with E-state index in [1.807, 2.05) is 55.4 Å². The SMILES string of the molecule is CC.CC.CC.CC.Cc1ccc2c(c1)C(C)c1cc(C)ccc1-2. The summed E-state index contributed by atoms with van der Waals surface area (Å²) in [6.45, 7) is 22.6. The molecule has 0 atom stereocenters. The van der Waals surface area contributed by atoms with Crippen molar-refractivity contribution >= 4 is 0 Å². The minimum atomic E-state index is 0.546. The Morgan fingerprint density at radius 2 is 0.833 bits per heavy atom. The van der Waals surface area contributed by atoms with Crippen molar-refractivity contribution in [3.63, 3.8) is 0 Å². The molecule has 2 aromatic carbocycles. The Kier molecular flexibility index (Phi) is 14.2. The second-order valence-corrected chi connectivity index (χ2v) is 4.90. The smallest absolute Gasteiger partial charge is 0.00735 e. The summed E-state index contributed by atoms with van der Waals surface area (Å²) in [5.41, 5.74) is 8.53. The second kappa shape index (κ2) is 13.8. The van der Waals surface area contributed by atoms with Gasteiger partial charge >= 0.3 is 0 Å². The zero-order valence-corrected chi connectivity index (χ0v) is 18.0. The zero-order chi connectivity index (χ0) is 19.3. The monoisotopic (exact) mass is 328 g/mol. The molecule has 136 valence electrons. The predicted octanol–water partition coefficient (Wildman–Crippen LogP) is 8.54. The van der Waals surface area contributed by atoms with Crippen LogP contribution in [-0.4, -0.2) is 0 Å². The van der Waals surface area contributed by atoms with Crippen LogP contribution in [0.2, 0.25) is 0 Å². The molecule has 0 radical (unpaired) electrons. The maximum atomic E-state index is 2.33. The molecule has 0 nitrogen and oxygen atoms in total. The summed E-state index contributed by atoms with van der Waals surface area (Å²) in [5, 5.41) is 0. The van der Waals surface area contributed by atoms with Crippen LogP contribution in [0.3, 0.4) is 0 Å². The number of fused-ring (bicyclic) bond motifs is 3. The molecule has 1 aliphatic rings. The quantitative estimate of drug-likeness (QED) is 0.454. The fourth-order valence-corrected chi connectivity index (χ4v) is 2.74. The number of hydrogen-bond acceptors (Lipinski definition) is 0. The summed E-state index contributed by atoms with van der Waals surface area (Å²) in [6.07, 6.45) is 0. The zero-order valence-electron chi connectivity index (χ0n) is 18.0. The highest BCUT2D eigenvalue weighted by Gasteiger charge is 2.24. The average Bonchev–Trinajstić information content (AvgIpc) is 2.93. The molecular formula is C24H40. The molecule has 0 bridgehead atoms. The highest BCUT2D eigenvalue weighted by molar-refractivity contribution is 5.79. The Morgan fingerprint density at radius 3 is 1.12 bits per heavy atom. The van der Waals surface area contributed by atoms with Crippen LogP contribution in [0, 0.1) is 13.8 Å². The standard InChI is InChI=1S/C16H16.4C2H6/c1-10-4-6-13-14-7-5-11(2)9-16(14)12(3)15(13)8-10;4*1-2/h4-9,12H,1-3H3;4*1-2H3. The van der Waals surface area contributed by atoms with Gasteiger partial charge in [0.15, 0.2) is 0 Å². The van der Waals surface area contributed by atoms with E-state index in [0.29, 0.717) is 5.92 Å². The third kappa shape index (κ3) is 5.82. The molecule has 3 rings (SSSR count). The van der Waals surface area contributed by atoms with Crippen LogP contribution in [0.25, 0.3) is 11.1 Å². The van der Waals surface area contributed by atoms with Gasteiger partial charge in [0, 0.05) is 5.92 Å². The van der Waals surface area contributed by atoms with Gasteiger partial charge in [-0.15, -0.1) is 0 Å². The molecule has 0 N–H and O–H groups in total. The van der Waals surface area contributed by atoms with Gasteiger partial charge in [0.2, 0.25) is 0 Å². The van der Waals surface area contributed by atoms with Crippen LogP contribution in [-0.2, 0) is 0 Å². The summed E-state index contributed by atoms with van der Waals surface area (Å²) in [4.78, 5) is 0.